The van der Waals surface area contributed by atoms with Crippen LogP contribution in [-0.2, 0) is 9.53 Å². The largest absolute Gasteiger partial charge is 0.481 e. The predicted molar refractivity (Wildman–Crippen MR) is 91.9 cm³/mol. The number of nitrogens with zero attached hydrogens (tertiary/aromatic N) is 1. The first kappa shape index (κ1) is 17.0. The van der Waals surface area contributed by atoms with Crippen LogP contribution in [0.2, 0.25) is 0 Å². The number of fused-ring (bicyclic) bond motifs is 1. The lowest BCUT2D eigenvalue weighted by molar-refractivity contribution is -0.140. The van der Waals surface area contributed by atoms with Crippen LogP contribution in [0.15, 0.2) is 47.0 Å². The van der Waals surface area contributed by atoms with E-state index < -0.39 is 12.1 Å². The zero-order chi connectivity index (χ0) is 17.8. The summed E-state index contributed by atoms with van der Waals surface area (Å²) in [6, 6.07) is 12.9. The SMILES string of the molecule is CCO[C@@H](CC(=O)O)c1ccc(Oc2noc3c(C)cccc23)cc1. The number of rotatable bonds is 7. The zero-order valence-corrected chi connectivity index (χ0v) is 14.1. The molecule has 0 aliphatic rings. The van der Waals surface area contributed by atoms with E-state index in [1.54, 1.807) is 24.3 Å². The van der Waals surface area contributed by atoms with E-state index in [9.17, 15) is 4.79 Å². The van der Waals surface area contributed by atoms with Crippen molar-refractivity contribution in [1.82, 2.24) is 5.16 Å². The molecule has 0 aliphatic carbocycles. The summed E-state index contributed by atoms with van der Waals surface area (Å²) in [5, 5.41) is 13.8. The summed E-state index contributed by atoms with van der Waals surface area (Å²) in [6.45, 7) is 4.23. The average Bonchev–Trinajstić information content (AvgIpc) is 2.99. The van der Waals surface area contributed by atoms with E-state index >= 15 is 0 Å². The van der Waals surface area contributed by atoms with Crippen molar-refractivity contribution in [3.8, 4) is 11.6 Å². The fourth-order valence-electron chi connectivity index (χ4n) is 2.65. The van der Waals surface area contributed by atoms with Crippen LogP contribution in [0, 0.1) is 6.92 Å². The molecule has 0 saturated heterocycles. The van der Waals surface area contributed by atoms with Crippen LogP contribution in [-0.4, -0.2) is 22.8 Å². The first-order valence-corrected chi connectivity index (χ1v) is 8.04. The molecule has 1 N–H and O–H groups in total. The average molecular weight is 341 g/mol. The summed E-state index contributed by atoms with van der Waals surface area (Å²) in [5.41, 5.74) is 2.48. The molecular formula is C19H19NO5. The van der Waals surface area contributed by atoms with E-state index in [0.29, 0.717) is 23.8 Å². The van der Waals surface area contributed by atoms with Crippen LogP contribution in [0.25, 0.3) is 11.0 Å². The highest BCUT2D eigenvalue weighted by molar-refractivity contribution is 5.84. The number of aromatic nitrogens is 1. The molecule has 0 amide bonds. The van der Waals surface area contributed by atoms with E-state index in [1.165, 1.54) is 0 Å². The Morgan fingerprint density at radius 3 is 2.68 bits per heavy atom. The number of aliphatic carboxylic acids is 1. The minimum Gasteiger partial charge on any atom is -0.481 e. The topological polar surface area (TPSA) is 81.8 Å². The number of aryl methyl sites for hydroxylation is 1. The lowest BCUT2D eigenvalue weighted by Crippen LogP contribution is -2.10. The molecule has 0 radical (unpaired) electrons. The Kier molecular flexibility index (Phi) is 5.00. The Morgan fingerprint density at radius 2 is 2.00 bits per heavy atom. The van der Waals surface area contributed by atoms with E-state index in [-0.39, 0.29) is 6.42 Å². The highest BCUT2D eigenvalue weighted by Gasteiger charge is 2.16. The van der Waals surface area contributed by atoms with Crippen molar-refractivity contribution in [2.24, 2.45) is 0 Å². The van der Waals surface area contributed by atoms with Crippen molar-refractivity contribution in [2.75, 3.05) is 6.61 Å². The molecule has 2 aromatic carbocycles. The minimum atomic E-state index is -0.900. The number of carboxylic acids is 1. The first-order chi connectivity index (χ1) is 12.1. The number of para-hydroxylation sites is 1. The Labute approximate surface area is 145 Å². The maximum absolute atomic E-state index is 11.0. The molecule has 0 saturated carbocycles. The van der Waals surface area contributed by atoms with Crippen LogP contribution in [0.5, 0.6) is 11.6 Å². The third-order valence-corrected chi connectivity index (χ3v) is 3.86. The summed E-state index contributed by atoms with van der Waals surface area (Å²) in [6.07, 6.45) is -0.562. The van der Waals surface area contributed by atoms with E-state index in [2.05, 4.69) is 5.16 Å². The number of carbonyl (C=O) groups is 1. The second-order valence-corrected chi connectivity index (χ2v) is 5.65. The van der Waals surface area contributed by atoms with Crippen LogP contribution in [0.1, 0.15) is 30.6 Å². The predicted octanol–water partition coefficient (Wildman–Crippen LogP) is 4.48. The van der Waals surface area contributed by atoms with Crippen LogP contribution < -0.4 is 4.74 Å². The van der Waals surface area contributed by atoms with Gasteiger partial charge in [-0.3, -0.25) is 4.79 Å². The number of ether oxygens (including phenoxy) is 2. The summed E-state index contributed by atoms with van der Waals surface area (Å²) >= 11 is 0. The van der Waals surface area contributed by atoms with Gasteiger partial charge in [-0.1, -0.05) is 24.3 Å². The van der Waals surface area contributed by atoms with Gasteiger partial charge in [-0.15, -0.1) is 0 Å². The Bertz CT molecular complexity index is 869. The normalized spacial score (nSPS) is 12.2. The molecule has 0 aliphatic heterocycles. The van der Waals surface area contributed by atoms with Gasteiger partial charge in [-0.2, -0.15) is 0 Å². The molecule has 6 nitrogen and oxygen atoms in total. The molecular weight excluding hydrogens is 322 g/mol. The van der Waals surface area contributed by atoms with Crippen LogP contribution in [0.4, 0.5) is 0 Å². The first-order valence-electron chi connectivity index (χ1n) is 8.04. The van der Waals surface area contributed by atoms with Crippen molar-refractivity contribution < 1.29 is 23.9 Å². The summed E-state index contributed by atoms with van der Waals surface area (Å²) in [4.78, 5) is 11.0. The van der Waals surface area contributed by atoms with Crippen molar-refractivity contribution in [2.45, 2.75) is 26.4 Å². The third-order valence-electron chi connectivity index (χ3n) is 3.86. The number of carboxylic acid groups (broad SMARTS) is 1. The summed E-state index contributed by atoms with van der Waals surface area (Å²) in [7, 11) is 0. The van der Waals surface area contributed by atoms with E-state index in [0.717, 1.165) is 16.5 Å². The number of benzene rings is 2. The van der Waals surface area contributed by atoms with Gasteiger partial charge in [0.25, 0.3) is 5.88 Å². The lowest BCUT2D eigenvalue weighted by Gasteiger charge is -2.15. The Balaban J connectivity index is 1.79. The third kappa shape index (κ3) is 3.80. The van der Waals surface area contributed by atoms with Crippen molar-refractivity contribution in [3.63, 3.8) is 0 Å². The standard InChI is InChI=1S/C19H19NO5/c1-3-23-16(11-17(21)22)13-7-9-14(10-8-13)24-19-15-6-4-5-12(2)18(15)25-20-19/h4-10,16H,3,11H2,1-2H3,(H,21,22)/t16-/m0/s1. The molecule has 0 spiro atoms. The molecule has 0 fully saturated rings. The van der Waals surface area contributed by atoms with Crippen LogP contribution in [0.3, 0.4) is 0 Å². The van der Waals surface area contributed by atoms with Gasteiger partial charge in [0.15, 0.2) is 5.58 Å². The number of hydrogen-bond acceptors (Lipinski definition) is 5. The molecule has 3 aromatic rings. The van der Waals surface area contributed by atoms with Gasteiger partial charge < -0.3 is 19.1 Å². The molecule has 1 aromatic heterocycles. The molecule has 6 heteroatoms. The minimum absolute atomic E-state index is 0.0821. The zero-order valence-electron chi connectivity index (χ0n) is 14.1. The maximum atomic E-state index is 11.0. The second-order valence-electron chi connectivity index (χ2n) is 5.65. The van der Waals surface area contributed by atoms with Gasteiger partial charge in [-0.25, -0.2) is 0 Å². The van der Waals surface area contributed by atoms with Gasteiger partial charge in [0, 0.05) is 6.61 Å². The van der Waals surface area contributed by atoms with Gasteiger partial charge in [0.1, 0.15) is 5.75 Å². The fourth-order valence-corrected chi connectivity index (χ4v) is 2.65. The highest BCUT2D eigenvalue weighted by atomic mass is 16.5. The van der Waals surface area contributed by atoms with Gasteiger partial charge in [-0.05, 0) is 48.3 Å². The quantitative estimate of drug-likeness (QED) is 0.682. The van der Waals surface area contributed by atoms with Crippen molar-refractivity contribution in [3.05, 3.63) is 53.6 Å². The van der Waals surface area contributed by atoms with Crippen molar-refractivity contribution >= 4 is 16.9 Å². The molecule has 1 heterocycles. The fraction of sp³-hybridized carbons (Fsp3) is 0.263. The van der Waals surface area contributed by atoms with Gasteiger partial charge in [0.2, 0.25) is 0 Å². The van der Waals surface area contributed by atoms with Crippen molar-refractivity contribution in [1.29, 1.82) is 0 Å². The Morgan fingerprint density at radius 1 is 1.24 bits per heavy atom. The lowest BCUT2D eigenvalue weighted by atomic mass is 10.1. The summed E-state index contributed by atoms with van der Waals surface area (Å²) in [5.74, 6) is 0.0904. The molecule has 0 unspecified atom stereocenters. The van der Waals surface area contributed by atoms with Crippen LogP contribution >= 0.6 is 0 Å². The molecule has 130 valence electrons. The molecule has 25 heavy (non-hydrogen) atoms. The highest BCUT2D eigenvalue weighted by Crippen LogP contribution is 2.31. The van der Waals surface area contributed by atoms with Gasteiger partial charge in [0.05, 0.1) is 17.9 Å². The van der Waals surface area contributed by atoms with E-state index in [1.807, 2.05) is 32.0 Å². The number of hydrogen-bond donors (Lipinski definition) is 1. The molecule has 3 rings (SSSR count). The molecule has 1 atom stereocenters. The summed E-state index contributed by atoms with van der Waals surface area (Å²) < 4.78 is 16.6. The maximum Gasteiger partial charge on any atom is 0.306 e. The molecule has 0 bridgehead atoms. The van der Waals surface area contributed by atoms with Gasteiger partial charge >= 0.3 is 5.97 Å². The Hall–Kier alpha value is -2.86. The van der Waals surface area contributed by atoms with E-state index in [4.69, 9.17) is 19.1 Å². The smallest absolute Gasteiger partial charge is 0.306 e. The monoisotopic (exact) mass is 341 g/mol. The second kappa shape index (κ2) is 7.36.